The average molecular weight is 193 g/mol. The van der Waals surface area contributed by atoms with Crippen LogP contribution in [0.3, 0.4) is 0 Å². The maximum atomic E-state index is 13.7. The molecule has 1 atom stereocenters. The van der Waals surface area contributed by atoms with Gasteiger partial charge in [-0.1, -0.05) is 26.0 Å². The van der Waals surface area contributed by atoms with E-state index in [-0.39, 0.29) is 5.82 Å². The van der Waals surface area contributed by atoms with Gasteiger partial charge in [0.1, 0.15) is 5.82 Å². The van der Waals surface area contributed by atoms with Gasteiger partial charge >= 0.3 is 0 Å². The fraction of sp³-hybridized carbons (Fsp3) is 0.500. The first-order valence-corrected chi connectivity index (χ1v) is 5.18. The third-order valence-corrected chi connectivity index (χ3v) is 3.00. The number of hydrogen-bond donors (Lipinski definition) is 1. The molecule has 0 saturated carbocycles. The van der Waals surface area contributed by atoms with E-state index in [1.807, 2.05) is 6.07 Å². The second kappa shape index (κ2) is 3.70. The van der Waals surface area contributed by atoms with Crippen molar-refractivity contribution in [2.24, 2.45) is 5.92 Å². The molecule has 0 fully saturated rings. The van der Waals surface area contributed by atoms with E-state index in [2.05, 4.69) is 19.2 Å². The highest BCUT2D eigenvalue weighted by Crippen LogP contribution is 2.31. The molecular formula is C12H16FN. The van der Waals surface area contributed by atoms with Gasteiger partial charge in [-0.15, -0.1) is 0 Å². The van der Waals surface area contributed by atoms with E-state index in [0.29, 0.717) is 11.8 Å². The van der Waals surface area contributed by atoms with Crippen molar-refractivity contribution in [3.8, 4) is 0 Å². The lowest BCUT2D eigenvalue weighted by Crippen LogP contribution is -2.31. The summed E-state index contributed by atoms with van der Waals surface area (Å²) in [6.07, 6.45) is 0. The Morgan fingerprint density at radius 1 is 1.43 bits per heavy atom. The van der Waals surface area contributed by atoms with E-state index in [1.54, 1.807) is 12.1 Å². The average Bonchev–Trinajstić information content (AvgIpc) is 2.17. The quantitative estimate of drug-likeness (QED) is 0.723. The lowest BCUT2D eigenvalue weighted by molar-refractivity contribution is 0.416. The smallest absolute Gasteiger partial charge is 0.127 e. The molecule has 2 heteroatoms. The van der Waals surface area contributed by atoms with Crippen molar-refractivity contribution in [3.63, 3.8) is 0 Å². The summed E-state index contributed by atoms with van der Waals surface area (Å²) < 4.78 is 13.7. The number of nitrogens with one attached hydrogen (secondary N) is 1. The molecule has 0 radical (unpaired) electrons. The Labute approximate surface area is 84.3 Å². The fourth-order valence-corrected chi connectivity index (χ4v) is 2.18. The molecule has 0 aliphatic carbocycles. The van der Waals surface area contributed by atoms with E-state index in [1.165, 1.54) is 0 Å². The lowest BCUT2D eigenvalue weighted by atomic mass is 9.83. The number of benzene rings is 1. The molecule has 1 N–H and O–H groups in total. The van der Waals surface area contributed by atoms with Crippen molar-refractivity contribution in [2.45, 2.75) is 26.3 Å². The van der Waals surface area contributed by atoms with Gasteiger partial charge < -0.3 is 5.32 Å². The minimum absolute atomic E-state index is 0.0392. The first-order chi connectivity index (χ1) is 6.70. The molecule has 1 aliphatic heterocycles. The molecule has 0 bridgehead atoms. The third kappa shape index (κ3) is 1.55. The van der Waals surface area contributed by atoms with Crippen LogP contribution in [0.1, 0.15) is 30.9 Å². The van der Waals surface area contributed by atoms with Crippen LogP contribution in [-0.2, 0) is 6.54 Å². The Balaban J connectivity index is 2.47. The summed E-state index contributed by atoms with van der Waals surface area (Å²) in [5.41, 5.74) is 2.05. The van der Waals surface area contributed by atoms with E-state index in [4.69, 9.17) is 0 Å². The van der Waals surface area contributed by atoms with E-state index < -0.39 is 0 Å². The fourth-order valence-electron chi connectivity index (χ4n) is 2.18. The van der Waals surface area contributed by atoms with Crippen LogP contribution in [0.5, 0.6) is 0 Å². The van der Waals surface area contributed by atoms with Gasteiger partial charge in [0.05, 0.1) is 0 Å². The van der Waals surface area contributed by atoms with Crippen LogP contribution >= 0.6 is 0 Å². The van der Waals surface area contributed by atoms with Crippen LogP contribution in [0.2, 0.25) is 0 Å². The maximum absolute atomic E-state index is 13.7. The van der Waals surface area contributed by atoms with Crippen molar-refractivity contribution in [3.05, 3.63) is 35.1 Å². The Morgan fingerprint density at radius 3 is 2.93 bits per heavy atom. The number of hydrogen-bond acceptors (Lipinski definition) is 1. The van der Waals surface area contributed by atoms with Gasteiger partial charge in [-0.05, 0) is 23.1 Å². The van der Waals surface area contributed by atoms with Crippen LogP contribution in [0.25, 0.3) is 0 Å². The van der Waals surface area contributed by atoms with Crippen molar-refractivity contribution >= 4 is 0 Å². The van der Waals surface area contributed by atoms with Gasteiger partial charge in [-0.3, -0.25) is 0 Å². The largest absolute Gasteiger partial charge is 0.312 e. The lowest BCUT2D eigenvalue weighted by Gasteiger charge is -2.29. The van der Waals surface area contributed by atoms with Crippen LogP contribution in [-0.4, -0.2) is 6.54 Å². The number of fused-ring (bicyclic) bond motifs is 1. The summed E-state index contributed by atoms with van der Waals surface area (Å²) in [4.78, 5) is 0. The molecule has 76 valence electrons. The predicted octanol–water partition coefficient (Wildman–Crippen LogP) is 2.67. The van der Waals surface area contributed by atoms with E-state index >= 15 is 0 Å². The van der Waals surface area contributed by atoms with Gasteiger partial charge in [-0.25, -0.2) is 4.39 Å². The molecule has 1 unspecified atom stereocenters. The Morgan fingerprint density at radius 2 is 2.21 bits per heavy atom. The molecule has 1 heterocycles. The van der Waals surface area contributed by atoms with Crippen LogP contribution < -0.4 is 5.32 Å². The van der Waals surface area contributed by atoms with E-state index in [0.717, 1.165) is 24.2 Å². The molecule has 1 aromatic carbocycles. The highest BCUT2D eigenvalue weighted by Gasteiger charge is 2.25. The SMILES string of the molecule is CC(C)C1CNCc2cccc(F)c21. The van der Waals surface area contributed by atoms with Crippen molar-refractivity contribution < 1.29 is 4.39 Å². The van der Waals surface area contributed by atoms with Crippen molar-refractivity contribution in [2.75, 3.05) is 6.54 Å². The number of rotatable bonds is 1. The van der Waals surface area contributed by atoms with Gasteiger partial charge in [0, 0.05) is 19.0 Å². The highest BCUT2D eigenvalue weighted by atomic mass is 19.1. The maximum Gasteiger partial charge on any atom is 0.127 e. The molecule has 1 nitrogen and oxygen atoms in total. The second-order valence-corrected chi connectivity index (χ2v) is 4.29. The Hall–Kier alpha value is -0.890. The Kier molecular flexibility index (Phi) is 2.55. The third-order valence-electron chi connectivity index (χ3n) is 3.00. The van der Waals surface area contributed by atoms with Gasteiger partial charge in [0.25, 0.3) is 0 Å². The molecular weight excluding hydrogens is 177 g/mol. The first-order valence-electron chi connectivity index (χ1n) is 5.18. The minimum atomic E-state index is -0.0392. The topological polar surface area (TPSA) is 12.0 Å². The molecule has 0 aromatic heterocycles. The standard InChI is InChI=1S/C12H16FN/c1-8(2)10-7-14-6-9-4-3-5-11(13)12(9)10/h3-5,8,10,14H,6-7H2,1-2H3. The normalized spacial score (nSPS) is 21.0. The predicted molar refractivity (Wildman–Crippen MR) is 55.7 cm³/mol. The zero-order valence-corrected chi connectivity index (χ0v) is 8.68. The summed E-state index contributed by atoms with van der Waals surface area (Å²) in [7, 11) is 0. The molecule has 1 aliphatic rings. The van der Waals surface area contributed by atoms with Crippen molar-refractivity contribution in [1.29, 1.82) is 0 Å². The molecule has 0 amide bonds. The highest BCUT2D eigenvalue weighted by molar-refractivity contribution is 5.34. The molecule has 0 saturated heterocycles. The van der Waals surface area contributed by atoms with Gasteiger partial charge in [-0.2, -0.15) is 0 Å². The number of halogens is 1. The molecule has 2 rings (SSSR count). The van der Waals surface area contributed by atoms with Gasteiger partial charge in [0.15, 0.2) is 0 Å². The summed E-state index contributed by atoms with van der Waals surface area (Å²) in [6, 6.07) is 5.37. The monoisotopic (exact) mass is 193 g/mol. The first kappa shape index (κ1) is 9.66. The van der Waals surface area contributed by atoms with Crippen LogP contribution in [0, 0.1) is 11.7 Å². The Bertz CT molecular complexity index is 333. The molecule has 14 heavy (non-hydrogen) atoms. The zero-order chi connectivity index (χ0) is 10.1. The molecule has 1 aromatic rings. The summed E-state index contributed by atoms with van der Waals surface area (Å²) in [5, 5.41) is 3.33. The summed E-state index contributed by atoms with van der Waals surface area (Å²) in [6.45, 7) is 5.99. The van der Waals surface area contributed by atoms with Crippen LogP contribution in [0.15, 0.2) is 18.2 Å². The summed E-state index contributed by atoms with van der Waals surface area (Å²) >= 11 is 0. The second-order valence-electron chi connectivity index (χ2n) is 4.29. The van der Waals surface area contributed by atoms with E-state index in [9.17, 15) is 4.39 Å². The minimum Gasteiger partial charge on any atom is -0.312 e. The van der Waals surface area contributed by atoms with Crippen molar-refractivity contribution in [1.82, 2.24) is 5.32 Å². The van der Waals surface area contributed by atoms with Crippen LogP contribution in [0.4, 0.5) is 4.39 Å². The van der Waals surface area contributed by atoms with Gasteiger partial charge in [0.2, 0.25) is 0 Å². The zero-order valence-electron chi connectivity index (χ0n) is 8.68. The molecule has 0 spiro atoms. The summed E-state index contributed by atoms with van der Waals surface area (Å²) in [5.74, 6) is 0.765.